The zero-order valence-corrected chi connectivity index (χ0v) is 14.1. The second-order valence-corrected chi connectivity index (χ2v) is 6.06. The fourth-order valence-electron chi connectivity index (χ4n) is 3.07. The van der Waals surface area contributed by atoms with E-state index in [0.29, 0.717) is 5.22 Å². The molecule has 0 amide bonds. The third kappa shape index (κ3) is 4.00. The number of hydrogen-bond acceptors (Lipinski definition) is 4. The highest BCUT2D eigenvalue weighted by Crippen LogP contribution is 2.13. The van der Waals surface area contributed by atoms with Crippen LogP contribution in [0.3, 0.4) is 0 Å². The van der Waals surface area contributed by atoms with Crippen molar-refractivity contribution in [3.05, 3.63) is 70.6 Å². The van der Waals surface area contributed by atoms with Crippen molar-refractivity contribution in [3.8, 4) is 12.1 Å². The third-order valence-electron chi connectivity index (χ3n) is 4.40. The molecule has 3 rings (SSSR count). The van der Waals surface area contributed by atoms with E-state index in [2.05, 4.69) is 22.3 Å². The van der Waals surface area contributed by atoms with Gasteiger partial charge in [-0.3, -0.25) is 0 Å². The minimum atomic E-state index is 0.145. The number of hydrogen-bond donors (Lipinski definition) is 1. The smallest absolute Gasteiger partial charge is 0.136 e. The van der Waals surface area contributed by atoms with E-state index in [0.717, 1.165) is 30.7 Å². The largest absolute Gasteiger partial charge is 0.367 e. The zero-order valence-electron chi connectivity index (χ0n) is 14.1. The molecule has 0 radical (unpaired) electrons. The summed E-state index contributed by atoms with van der Waals surface area (Å²) < 4.78 is 0. The predicted octanol–water partition coefficient (Wildman–Crippen LogP) is 1.84. The molecule has 0 aliphatic carbocycles. The van der Waals surface area contributed by atoms with E-state index in [1.54, 1.807) is 0 Å². The standard InChI is InChI=1S/C21H20N4/c22-14-20(15-23)18-8-10-19(11-9-18)21(25-12-4-5-13-25)24-16-17-6-2-1-3-7-17/h1-3,6-11,24H,4-5,12-13,16H2. The van der Waals surface area contributed by atoms with Gasteiger partial charge in [-0.15, -0.1) is 0 Å². The summed E-state index contributed by atoms with van der Waals surface area (Å²) in [5, 5.41) is 23.3. The Labute approximate surface area is 147 Å². The SMILES string of the molecule is N#CC(C#N)=c1ccc(=C(NCc2ccccc2)N2CCCC2)cc1. The molecule has 0 aromatic heterocycles. The van der Waals surface area contributed by atoms with Gasteiger partial charge in [0.1, 0.15) is 23.5 Å². The molecule has 0 atom stereocenters. The third-order valence-corrected chi connectivity index (χ3v) is 4.40. The van der Waals surface area contributed by atoms with Crippen molar-refractivity contribution in [2.24, 2.45) is 0 Å². The number of nitrogens with one attached hydrogen (secondary N) is 1. The molecule has 1 heterocycles. The summed E-state index contributed by atoms with van der Waals surface area (Å²) in [5.74, 6) is 1.11. The molecule has 4 nitrogen and oxygen atoms in total. The van der Waals surface area contributed by atoms with Gasteiger partial charge in [0.2, 0.25) is 0 Å². The van der Waals surface area contributed by atoms with Crippen LogP contribution in [0.5, 0.6) is 0 Å². The maximum atomic E-state index is 9.01. The lowest BCUT2D eigenvalue weighted by Crippen LogP contribution is -2.34. The Balaban J connectivity index is 1.96. The van der Waals surface area contributed by atoms with E-state index < -0.39 is 0 Å². The maximum Gasteiger partial charge on any atom is 0.136 e. The van der Waals surface area contributed by atoms with Gasteiger partial charge in [-0.05, 0) is 18.4 Å². The number of likely N-dealkylation sites (tertiary alicyclic amines) is 1. The number of benzene rings is 2. The topological polar surface area (TPSA) is 62.9 Å². The van der Waals surface area contributed by atoms with Crippen molar-refractivity contribution in [1.29, 1.82) is 10.5 Å². The van der Waals surface area contributed by atoms with Gasteiger partial charge >= 0.3 is 0 Å². The summed E-state index contributed by atoms with van der Waals surface area (Å²) in [6, 6.07) is 21.9. The summed E-state index contributed by atoms with van der Waals surface area (Å²) in [6.45, 7) is 2.86. The molecule has 1 aliphatic rings. The lowest BCUT2D eigenvalue weighted by atomic mass is 10.1. The fraction of sp³-hybridized carbons (Fsp3) is 0.238. The second-order valence-electron chi connectivity index (χ2n) is 6.06. The lowest BCUT2D eigenvalue weighted by Gasteiger charge is -2.23. The van der Waals surface area contributed by atoms with Gasteiger partial charge in [0, 0.05) is 30.1 Å². The summed E-state index contributed by atoms with van der Waals surface area (Å²) >= 11 is 0. The molecule has 2 aromatic carbocycles. The van der Waals surface area contributed by atoms with Crippen molar-refractivity contribution < 1.29 is 0 Å². The Morgan fingerprint density at radius 1 is 0.880 bits per heavy atom. The number of nitrogens with zero attached hydrogens (tertiary/aromatic N) is 3. The minimum absolute atomic E-state index is 0.145. The average molecular weight is 328 g/mol. The van der Waals surface area contributed by atoms with Crippen LogP contribution >= 0.6 is 0 Å². The molecule has 0 unspecified atom stereocenters. The Bertz CT molecular complexity index is 887. The van der Waals surface area contributed by atoms with Gasteiger partial charge in [-0.25, -0.2) is 0 Å². The fourth-order valence-corrected chi connectivity index (χ4v) is 3.07. The second kappa shape index (κ2) is 8.04. The monoisotopic (exact) mass is 328 g/mol. The highest BCUT2D eigenvalue weighted by atomic mass is 15.2. The minimum Gasteiger partial charge on any atom is -0.367 e. The van der Waals surface area contributed by atoms with Crippen molar-refractivity contribution in [2.75, 3.05) is 13.1 Å². The van der Waals surface area contributed by atoms with Crippen LogP contribution in [0.15, 0.2) is 54.6 Å². The quantitative estimate of drug-likeness (QED) is 0.930. The van der Waals surface area contributed by atoms with Crippen molar-refractivity contribution in [2.45, 2.75) is 19.4 Å². The zero-order chi connectivity index (χ0) is 17.5. The van der Waals surface area contributed by atoms with E-state index in [-0.39, 0.29) is 5.57 Å². The molecule has 1 N–H and O–H groups in total. The first-order valence-electron chi connectivity index (χ1n) is 8.49. The Kier molecular flexibility index (Phi) is 5.34. The van der Waals surface area contributed by atoms with E-state index in [4.69, 9.17) is 10.5 Å². The molecule has 0 spiro atoms. The van der Waals surface area contributed by atoms with Crippen molar-refractivity contribution >= 4 is 11.4 Å². The summed E-state index contributed by atoms with van der Waals surface area (Å²) in [6.07, 6.45) is 2.41. The summed E-state index contributed by atoms with van der Waals surface area (Å²) in [7, 11) is 0. The lowest BCUT2D eigenvalue weighted by molar-refractivity contribution is 0.456. The molecular formula is C21H20N4. The molecule has 25 heavy (non-hydrogen) atoms. The molecule has 1 aliphatic heterocycles. The molecular weight excluding hydrogens is 308 g/mol. The summed E-state index contributed by atoms with van der Waals surface area (Å²) in [4.78, 5) is 2.37. The van der Waals surface area contributed by atoms with Crippen LogP contribution in [0.4, 0.5) is 0 Å². The maximum absolute atomic E-state index is 9.01. The average Bonchev–Trinajstić information content (AvgIpc) is 3.19. The highest BCUT2D eigenvalue weighted by Gasteiger charge is 2.15. The van der Waals surface area contributed by atoms with Crippen LogP contribution in [0.2, 0.25) is 0 Å². The molecule has 124 valence electrons. The predicted molar refractivity (Wildman–Crippen MR) is 97.8 cm³/mol. The highest BCUT2D eigenvalue weighted by molar-refractivity contribution is 5.72. The first kappa shape index (κ1) is 16.6. The van der Waals surface area contributed by atoms with Crippen LogP contribution in [0.25, 0.3) is 11.4 Å². The van der Waals surface area contributed by atoms with Crippen LogP contribution in [0.1, 0.15) is 18.4 Å². The van der Waals surface area contributed by atoms with Crippen LogP contribution < -0.4 is 15.8 Å². The van der Waals surface area contributed by atoms with Crippen molar-refractivity contribution in [1.82, 2.24) is 10.2 Å². The Hall–Kier alpha value is -3.24. The Morgan fingerprint density at radius 3 is 2.08 bits per heavy atom. The Morgan fingerprint density at radius 2 is 1.48 bits per heavy atom. The van der Waals surface area contributed by atoms with E-state index in [1.807, 2.05) is 54.6 Å². The molecule has 1 saturated heterocycles. The number of nitriles is 2. The van der Waals surface area contributed by atoms with Gasteiger partial charge in [-0.2, -0.15) is 10.5 Å². The number of rotatable bonds is 4. The molecule has 2 aromatic rings. The van der Waals surface area contributed by atoms with Gasteiger partial charge in [0.25, 0.3) is 0 Å². The first-order chi connectivity index (χ1) is 12.3. The van der Waals surface area contributed by atoms with Gasteiger partial charge in [-0.1, -0.05) is 54.6 Å². The van der Waals surface area contributed by atoms with Gasteiger partial charge in [0.15, 0.2) is 0 Å². The van der Waals surface area contributed by atoms with Crippen molar-refractivity contribution in [3.63, 3.8) is 0 Å². The van der Waals surface area contributed by atoms with Crippen LogP contribution in [0, 0.1) is 22.7 Å². The summed E-state index contributed by atoms with van der Waals surface area (Å²) in [5.41, 5.74) is 1.38. The van der Waals surface area contributed by atoms with E-state index in [9.17, 15) is 0 Å². The molecule has 0 saturated carbocycles. The van der Waals surface area contributed by atoms with Gasteiger partial charge < -0.3 is 10.2 Å². The molecule has 1 fully saturated rings. The molecule has 4 heteroatoms. The molecule has 0 bridgehead atoms. The first-order valence-corrected chi connectivity index (χ1v) is 8.49. The van der Waals surface area contributed by atoms with Crippen LogP contribution in [-0.2, 0) is 6.54 Å². The van der Waals surface area contributed by atoms with E-state index >= 15 is 0 Å². The van der Waals surface area contributed by atoms with Crippen LogP contribution in [-0.4, -0.2) is 18.0 Å². The van der Waals surface area contributed by atoms with Gasteiger partial charge in [0.05, 0.1) is 0 Å². The normalized spacial score (nSPS) is 13.0. The van der Waals surface area contributed by atoms with E-state index in [1.165, 1.54) is 18.4 Å².